The van der Waals surface area contributed by atoms with Gasteiger partial charge in [-0.25, -0.2) is 9.36 Å². The summed E-state index contributed by atoms with van der Waals surface area (Å²) in [6.45, 7) is 7.46. The van der Waals surface area contributed by atoms with Gasteiger partial charge in [0, 0.05) is 17.7 Å². The number of carbonyl (C=O) groups is 1. The van der Waals surface area contributed by atoms with Crippen molar-refractivity contribution in [3.63, 3.8) is 0 Å². The molecule has 3 nitrogen and oxygen atoms in total. The van der Waals surface area contributed by atoms with Crippen molar-refractivity contribution in [1.82, 2.24) is 0 Å². The molecule has 1 aromatic carbocycles. The first-order valence-corrected chi connectivity index (χ1v) is 7.89. The van der Waals surface area contributed by atoms with Crippen molar-refractivity contribution in [2.45, 2.75) is 39.7 Å². The molecule has 0 saturated carbocycles. The number of hydrogen-bond acceptors (Lipinski definition) is 2. The van der Waals surface area contributed by atoms with Crippen LogP contribution in [-0.4, -0.2) is 12.6 Å². The maximum Gasteiger partial charge on any atom is 0.338 e. The van der Waals surface area contributed by atoms with Crippen LogP contribution in [0.15, 0.2) is 48.8 Å². The molecule has 0 aliphatic heterocycles. The smallest absolute Gasteiger partial charge is 0.338 e. The first-order chi connectivity index (χ1) is 10.6. The Morgan fingerprint density at radius 2 is 1.73 bits per heavy atom. The zero-order valence-corrected chi connectivity index (χ0v) is 13.6. The SMILES string of the molecule is CCOC(=O)c1cc[n+](Cc2ccc(C(C)CC)cc2)cc1. The van der Waals surface area contributed by atoms with E-state index >= 15 is 0 Å². The van der Waals surface area contributed by atoms with Gasteiger partial charge in [-0.1, -0.05) is 38.1 Å². The summed E-state index contributed by atoms with van der Waals surface area (Å²) in [5.74, 6) is 0.332. The lowest BCUT2D eigenvalue weighted by molar-refractivity contribution is -0.688. The second kappa shape index (κ2) is 7.74. The number of carbonyl (C=O) groups excluding carboxylic acids is 1. The fraction of sp³-hybridized carbons (Fsp3) is 0.368. The second-order valence-electron chi connectivity index (χ2n) is 5.53. The largest absolute Gasteiger partial charge is 0.462 e. The molecule has 1 aromatic heterocycles. The predicted octanol–water partition coefficient (Wildman–Crippen LogP) is 3.71. The third kappa shape index (κ3) is 4.17. The van der Waals surface area contributed by atoms with Crippen LogP contribution >= 0.6 is 0 Å². The third-order valence-electron chi connectivity index (χ3n) is 3.93. The summed E-state index contributed by atoms with van der Waals surface area (Å²) >= 11 is 0. The van der Waals surface area contributed by atoms with E-state index in [9.17, 15) is 4.79 Å². The van der Waals surface area contributed by atoms with Gasteiger partial charge in [-0.05, 0) is 24.8 Å². The number of benzene rings is 1. The van der Waals surface area contributed by atoms with Crippen LogP contribution in [0, 0.1) is 0 Å². The van der Waals surface area contributed by atoms with Crippen molar-refractivity contribution in [3.8, 4) is 0 Å². The van der Waals surface area contributed by atoms with E-state index in [0.29, 0.717) is 18.1 Å². The van der Waals surface area contributed by atoms with Crippen molar-refractivity contribution in [3.05, 3.63) is 65.5 Å². The Kier molecular flexibility index (Phi) is 5.70. The van der Waals surface area contributed by atoms with Crippen LogP contribution in [-0.2, 0) is 11.3 Å². The molecule has 2 aromatic rings. The second-order valence-corrected chi connectivity index (χ2v) is 5.53. The van der Waals surface area contributed by atoms with Crippen LogP contribution < -0.4 is 4.57 Å². The van der Waals surface area contributed by atoms with E-state index < -0.39 is 0 Å². The molecule has 0 N–H and O–H groups in total. The van der Waals surface area contributed by atoms with Gasteiger partial charge < -0.3 is 4.74 Å². The summed E-state index contributed by atoms with van der Waals surface area (Å²) in [5, 5.41) is 0. The summed E-state index contributed by atoms with van der Waals surface area (Å²) in [6, 6.07) is 12.4. The van der Waals surface area contributed by atoms with E-state index in [0.717, 1.165) is 13.0 Å². The summed E-state index contributed by atoms with van der Waals surface area (Å²) < 4.78 is 7.04. The molecule has 3 heteroatoms. The third-order valence-corrected chi connectivity index (χ3v) is 3.93. The highest BCUT2D eigenvalue weighted by Crippen LogP contribution is 2.18. The Labute approximate surface area is 132 Å². The minimum absolute atomic E-state index is 0.271. The molecule has 1 unspecified atom stereocenters. The van der Waals surface area contributed by atoms with Gasteiger partial charge in [0.25, 0.3) is 0 Å². The molecular formula is C19H24NO2+. The van der Waals surface area contributed by atoms with Crippen molar-refractivity contribution >= 4 is 5.97 Å². The molecule has 0 fully saturated rings. The maximum atomic E-state index is 11.6. The molecule has 0 radical (unpaired) electrons. The minimum Gasteiger partial charge on any atom is -0.462 e. The summed E-state index contributed by atoms with van der Waals surface area (Å²) in [4.78, 5) is 11.6. The molecule has 2 rings (SSSR count). The molecule has 1 heterocycles. The fourth-order valence-electron chi connectivity index (χ4n) is 2.31. The summed E-state index contributed by atoms with van der Waals surface area (Å²) in [6.07, 6.45) is 4.98. The number of hydrogen-bond donors (Lipinski definition) is 0. The van der Waals surface area contributed by atoms with Gasteiger partial charge in [-0.15, -0.1) is 0 Å². The Hall–Kier alpha value is -2.16. The van der Waals surface area contributed by atoms with Gasteiger partial charge in [0.2, 0.25) is 0 Å². The molecule has 116 valence electrons. The number of nitrogens with zero attached hydrogens (tertiary/aromatic N) is 1. The van der Waals surface area contributed by atoms with E-state index in [2.05, 4.69) is 42.7 Å². The van der Waals surface area contributed by atoms with Crippen LogP contribution in [0.4, 0.5) is 0 Å². The zero-order chi connectivity index (χ0) is 15.9. The van der Waals surface area contributed by atoms with Crippen molar-refractivity contribution in [2.75, 3.05) is 6.61 Å². The number of ether oxygens (including phenoxy) is 1. The first kappa shape index (κ1) is 16.2. The molecule has 0 amide bonds. The highest BCUT2D eigenvalue weighted by molar-refractivity contribution is 5.88. The van der Waals surface area contributed by atoms with E-state index in [1.54, 1.807) is 12.1 Å². The van der Waals surface area contributed by atoms with Gasteiger partial charge >= 0.3 is 5.97 Å². The molecule has 0 saturated heterocycles. The molecular weight excluding hydrogens is 274 g/mol. The number of esters is 1. The Morgan fingerprint density at radius 1 is 1.09 bits per heavy atom. The topological polar surface area (TPSA) is 30.2 Å². The van der Waals surface area contributed by atoms with E-state index in [-0.39, 0.29) is 5.97 Å². The molecule has 22 heavy (non-hydrogen) atoms. The Morgan fingerprint density at radius 3 is 2.27 bits per heavy atom. The van der Waals surface area contributed by atoms with Gasteiger partial charge in [0.15, 0.2) is 18.9 Å². The molecule has 1 atom stereocenters. The Balaban J connectivity index is 2.03. The zero-order valence-electron chi connectivity index (χ0n) is 13.6. The highest BCUT2D eigenvalue weighted by atomic mass is 16.5. The average Bonchev–Trinajstić information content (AvgIpc) is 2.55. The van der Waals surface area contributed by atoms with Crippen LogP contribution in [0.2, 0.25) is 0 Å². The van der Waals surface area contributed by atoms with Gasteiger partial charge in [0.05, 0.1) is 12.2 Å². The monoisotopic (exact) mass is 298 g/mol. The van der Waals surface area contributed by atoms with Gasteiger partial charge in [0.1, 0.15) is 0 Å². The molecule has 0 aliphatic rings. The van der Waals surface area contributed by atoms with E-state index in [1.165, 1.54) is 11.1 Å². The first-order valence-electron chi connectivity index (χ1n) is 7.89. The number of rotatable bonds is 6. The van der Waals surface area contributed by atoms with Crippen molar-refractivity contribution in [2.24, 2.45) is 0 Å². The van der Waals surface area contributed by atoms with Gasteiger partial charge in [-0.3, -0.25) is 0 Å². The summed E-state index contributed by atoms with van der Waals surface area (Å²) in [7, 11) is 0. The molecule has 0 bridgehead atoms. The Bertz CT molecular complexity index is 602. The lowest BCUT2D eigenvalue weighted by atomic mass is 9.98. The van der Waals surface area contributed by atoms with E-state index in [1.807, 2.05) is 19.3 Å². The van der Waals surface area contributed by atoms with Crippen molar-refractivity contribution in [1.29, 1.82) is 0 Å². The number of pyridine rings is 1. The lowest BCUT2D eigenvalue weighted by Crippen LogP contribution is -2.33. The average molecular weight is 298 g/mol. The van der Waals surface area contributed by atoms with Crippen LogP contribution in [0.5, 0.6) is 0 Å². The van der Waals surface area contributed by atoms with Crippen LogP contribution in [0.25, 0.3) is 0 Å². The van der Waals surface area contributed by atoms with Crippen molar-refractivity contribution < 1.29 is 14.1 Å². The number of aromatic nitrogens is 1. The molecule has 0 spiro atoms. The van der Waals surface area contributed by atoms with Crippen LogP contribution in [0.3, 0.4) is 0 Å². The molecule has 0 aliphatic carbocycles. The van der Waals surface area contributed by atoms with Gasteiger partial charge in [-0.2, -0.15) is 0 Å². The minimum atomic E-state index is -0.271. The maximum absolute atomic E-state index is 11.6. The standard InChI is InChI=1S/C19H24NO2/c1-4-15(3)17-8-6-16(7-9-17)14-20-12-10-18(11-13-20)19(21)22-5-2/h6-13,15H,4-5,14H2,1-3H3/q+1. The lowest BCUT2D eigenvalue weighted by Gasteiger charge is -2.08. The van der Waals surface area contributed by atoms with Crippen LogP contribution in [0.1, 0.15) is 54.6 Å². The predicted molar refractivity (Wildman–Crippen MR) is 86.8 cm³/mol. The highest BCUT2D eigenvalue weighted by Gasteiger charge is 2.10. The summed E-state index contributed by atoms with van der Waals surface area (Å²) in [5.41, 5.74) is 3.22. The van der Waals surface area contributed by atoms with E-state index in [4.69, 9.17) is 4.74 Å². The fourth-order valence-corrected chi connectivity index (χ4v) is 2.31. The normalized spacial score (nSPS) is 12.0. The quantitative estimate of drug-likeness (QED) is 0.601.